The second-order valence-corrected chi connectivity index (χ2v) is 10.2. The van der Waals surface area contributed by atoms with E-state index < -0.39 is 0 Å². The number of rotatable bonds is 5. The monoisotopic (exact) mass is 384 g/mol. The maximum atomic E-state index is 6.08. The molecule has 0 bridgehead atoms. The molecule has 0 radical (unpaired) electrons. The van der Waals surface area contributed by atoms with Crippen LogP contribution in [0.2, 0.25) is 5.02 Å². The number of fused-ring (bicyclic) bond motifs is 1. The lowest BCUT2D eigenvalue weighted by Crippen LogP contribution is -2.34. The van der Waals surface area contributed by atoms with E-state index in [0.717, 1.165) is 40.5 Å². The predicted octanol–water partition coefficient (Wildman–Crippen LogP) is 8.41. The molecule has 4 atom stereocenters. The van der Waals surface area contributed by atoms with Gasteiger partial charge in [-0.1, -0.05) is 42.7 Å². The molecule has 0 aliphatic heterocycles. The molecule has 0 saturated heterocycles. The van der Waals surface area contributed by atoms with E-state index in [1.807, 2.05) is 0 Å². The van der Waals surface area contributed by atoms with Crippen molar-refractivity contribution in [3.05, 3.63) is 47.5 Å². The van der Waals surface area contributed by atoms with Crippen LogP contribution in [0.5, 0.6) is 0 Å². The third kappa shape index (κ3) is 4.81. The van der Waals surface area contributed by atoms with Gasteiger partial charge in [0.2, 0.25) is 0 Å². The molecule has 0 aromatic heterocycles. The van der Waals surface area contributed by atoms with E-state index >= 15 is 0 Å². The van der Waals surface area contributed by atoms with Gasteiger partial charge in [-0.05, 0) is 117 Å². The molecule has 1 heteroatoms. The first-order chi connectivity index (χ1) is 13.2. The third-order valence-electron chi connectivity index (χ3n) is 8.33. The number of halogens is 1. The zero-order chi connectivity index (χ0) is 18.6. The summed E-state index contributed by atoms with van der Waals surface area (Å²) in [5.41, 5.74) is 1.53. The van der Waals surface area contributed by atoms with Crippen LogP contribution in [-0.2, 0) is 0 Å². The fraction of sp³-hybridized carbons (Fsp3) is 0.692. The summed E-state index contributed by atoms with van der Waals surface area (Å²) in [6, 6.07) is 8.68. The van der Waals surface area contributed by atoms with Crippen LogP contribution >= 0.6 is 11.6 Å². The normalized spacial score (nSPS) is 36.8. The number of allylic oxidation sites excluding steroid dienone is 1. The zero-order valence-electron chi connectivity index (χ0n) is 16.9. The van der Waals surface area contributed by atoms with Crippen molar-refractivity contribution in [3.63, 3.8) is 0 Å². The van der Waals surface area contributed by atoms with Gasteiger partial charge in [0.05, 0.1) is 0 Å². The van der Waals surface area contributed by atoms with Gasteiger partial charge in [0.1, 0.15) is 0 Å². The van der Waals surface area contributed by atoms with Crippen LogP contribution in [0.15, 0.2) is 36.9 Å². The average molecular weight is 385 g/mol. The summed E-state index contributed by atoms with van der Waals surface area (Å²) in [6.07, 6.45) is 19.5. The summed E-state index contributed by atoms with van der Waals surface area (Å²) in [6.45, 7) is 3.89. The summed E-state index contributed by atoms with van der Waals surface area (Å²) in [7, 11) is 0. The topological polar surface area (TPSA) is 0 Å². The van der Waals surface area contributed by atoms with Crippen molar-refractivity contribution in [2.75, 3.05) is 0 Å². The highest BCUT2D eigenvalue weighted by molar-refractivity contribution is 6.30. The lowest BCUT2D eigenvalue weighted by molar-refractivity contribution is 0.0713. The van der Waals surface area contributed by atoms with Gasteiger partial charge in [0.25, 0.3) is 0 Å². The fourth-order valence-corrected chi connectivity index (χ4v) is 6.82. The minimum absolute atomic E-state index is 0.778. The minimum atomic E-state index is 0.778. The standard InChI is InChI=1S/C26H37Cl/c1-2-3-4-19-5-7-20(8-6-19)22-9-11-25-18-23(10-12-24(25)17-22)21-13-15-26(27)16-14-21/h2,13-16,19-20,22-25H,1,3-12,17-18H2. The van der Waals surface area contributed by atoms with Gasteiger partial charge in [-0.2, -0.15) is 0 Å². The lowest BCUT2D eigenvalue weighted by atomic mass is 9.60. The maximum absolute atomic E-state index is 6.08. The van der Waals surface area contributed by atoms with Gasteiger partial charge in [0, 0.05) is 5.02 Å². The van der Waals surface area contributed by atoms with Gasteiger partial charge in [0.15, 0.2) is 0 Å². The molecule has 27 heavy (non-hydrogen) atoms. The highest BCUT2D eigenvalue weighted by atomic mass is 35.5. The Morgan fingerprint density at radius 3 is 2.07 bits per heavy atom. The predicted molar refractivity (Wildman–Crippen MR) is 117 cm³/mol. The van der Waals surface area contributed by atoms with Crippen LogP contribution < -0.4 is 0 Å². The Balaban J connectivity index is 1.27. The Morgan fingerprint density at radius 2 is 1.37 bits per heavy atom. The second-order valence-electron chi connectivity index (χ2n) is 9.80. The van der Waals surface area contributed by atoms with Crippen LogP contribution in [0, 0.1) is 29.6 Å². The number of benzene rings is 1. The molecule has 0 N–H and O–H groups in total. The molecule has 0 spiro atoms. The largest absolute Gasteiger partial charge is 0.103 e. The summed E-state index contributed by atoms with van der Waals surface area (Å²) in [5.74, 6) is 5.86. The highest BCUT2D eigenvalue weighted by Crippen LogP contribution is 2.51. The van der Waals surface area contributed by atoms with Crippen molar-refractivity contribution >= 4 is 11.6 Å². The van der Waals surface area contributed by atoms with Gasteiger partial charge in [-0.25, -0.2) is 0 Å². The van der Waals surface area contributed by atoms with Crippen LogP contribution in [0.25, 0.3) is 0 Å². The van der Waals surface area contributed by atoms with Crippen molar-refractivity contribution in [1.82, 2.24) is 0 Å². The maximum Gasteiger partial charge on any atom is 0.0406 e. The van der Waals surface area contributed by atoms with Gasteiger partial charge in [-0.15, -0.1) is 6.58 Å². The molecular formula is C26H37Cl. The Bertz CT molecular complexity index is 595. The summed E-state index contributed by atoms with van der Waals surface area (Å²) < 4.78 is 0. The Hall–Kier alpha value is -0.750. The first-order valence-electron chi connectivity index (χ1n) is 11.6. The lowest BCUT2D eigenvalue weighted by Gasteiger charge is -2.45. The van der Waals surface area contributed by atoms with Crippen LogP contribution in [0.4, 0.5) is 0 Å². The first kappa shape index (κ1) is 19.6. The summed E-state index contributed by atoms with van der Waals surface area (Å²) >= 11 is 6.08. The Morgan fingerprint density at radius 1 is 0.778 bits per heavy atom. The molecule has 0 amide bonds. The molecule has 1 aromatic carbocycles. The van der Waals surface area contributed by atoms with Crippen molar-refractivity contribution in [3.8, 4) is 0 Å². The average Bonchev–Trinajstić information content (AvgIpc) is 2.72. The number of hydrogen-bond acceptors (Lipinski definition) is 0. The SMILES string of the molecule is C=CCCC1CCC(C2CCC3CC(c4ccc(Cl)cc4)CCC3C2)CC1. The fourth-order valence-electron chi connectivity index (χ4n) is 6.69. The Kier molecular flexibility index (Phi) is 6.64. The number of hydrogen-bond donors (Lipinski definition) is 0. The highest BCUT2D eigenvalue weighted by Gasteiger charge is 2.38. The third-order valence-corrected chi connectivity index (χ3v) is 8.58. The van der Waals surface area contributed by atoms with Gasteiger partial charge >= 0.3 is 0 Å². The van der Waals surface area contributed by atoms with E-state index in [1.54, 1.807) is 6.42 Å². The summed E-state index contributed by atoms with van der Waals surface area (Å²) in [5, 5.41) is 0.868. The summed E-state index contributed by atoms with van der Waals surface area (Å²) in [4.78, 5) is 0. The van der Waals surface area contributed by atoms with Crippen LogP contribution in [0.1, 0.15) is 88.5 Å². The second kappa shape index (κ2) is 9.17. The molecule has 1 aromatic rings. The van der Waals surface area contributed by atoms with E-state index in [-0.39, 0.29) is 0 Å². The van der Waals surface area contributed by atoms with E-state index in [1.165, 1.54) is 76.2 Å². The van der Waals surface area contributed by atoms with Crippen LogP contribution in [-0.4, -0.2) is 0 Å². The zero-order valence-corrected chi connectivity index (χ0v) is 17.7. The minimum Gasteiger partial charge on any atom is -0.103 e. The molecule has 4 rings (SSSR count). The van der Waals surface area contributed by atoms with Crippen molar-refractivity contribution in [1.29, 1.82) is 0 Å². The van der Waals surface area contributed by atoms with E-state index in [2.05, 4.69) is 36.9 Å². The quantitative estimate of drug-likeness (QED) is 0.447. The molecule has 0 nitrogen and oxygen atoms in total. The molecule has 3 aliphatic rings. The van der Waals surface area contributed by atoms with E-state index in [4.69, 9.17) is 11.6 Å². The van der Waals surface area contributed by atoms with E-state index in [9.17, 15) is 0 Å². The van der Waals surface area contributed by atoms with Gasteiger partial charge < -0.3 is 0 Å². The van der Waals surface area contributed by atoms with Gasteiger partial charge in [-0.3, -0.25) is 0 Å². The Labute approximate surface area is 171 Å². The molecule has 3 aliphatic carbocycles. The molecule has 3 saturated carbocycles. The van der Waals surface area contributed by atoms with E-state index in [0.29, 0.717) is 0 Å². The first-order valence-corrected chi connectivity index (χ1v) is 12.0. The van der Waals surface area contributed by atoms with Crippen molar-refractivity contribution in [2.24, 2.45) is 29.6 Å². The molecular weight excluding hydrogens is 348 g/mol. The smallest absolute Gasteiger partial charge is 0.0406 e. The molecule has 148 valence electrons. The van der Waals surface area contributed by atoms with Crippen LogP contribution in [0.3, 0.4) is 0 Å². The van der Waals surface area contributed by atoms with Crippen molar-refractivity contribution in [2.45, 2.75) is 83.0 Å². The molecule has 4 unspecified atom stereocenters. The molecule has 0 heterocycles. The van der Waals surface area contributed by atoms with Crippen molar-refractivity contribution < 1.29 is 0 Å². The molecule has 3 fully saturated rings.